The van der Waals surface area contributed by atoms with Crippen LogP contribution in [0.25, 0.3) is 0 Å². The standard InChI is InChI=1S/C13H29N3O2S/c1-12-9-13(2)11-16(10-12)8-6-5-7-14-19(17,18)15(3)4/h12-14H,5-11H2,1-4H3. The van der Waals surface area contributed by atoms with Crippen molar-refractivity contribution in [3.05, 3.63) is 0 Å². The maximum absolute atomic E-state index is 11.5. The second kappa shape index (κ2) is 7.57. The molecule has 0 aromatic rings. The van der Waals surface area contributed by atoms with E-state index >= 15 is 0 Å². The van der Waals surface area contributed by atoms with E-state index in [1.807, 2.05) is 0 Å². The van der Waals surface area contributed by atoms with Crippen LogP contribution in [0.2, 0.25) is 0 Å². The quantitative estimate of drug-likeness (QED) is 0.716. The van der Waals surface area contributed by atoms with Gasteiger partial charge in [0.05, 0.1) is 0 Å². The summed E-state index contributed by atoms with van der Waals surface area (Å²) in [5, 5.41) is 0. The fourth-order valence-corrected chi connectivity index (χ4v) is 3.43. The van der Waals surface area contributed by atoms with E-state index in [9.17, 15) is 8.42 Å². The number of nitrogens with one attached hydrogen (secondary N) is 1. The topological polar surface area (TPSA) is 52.7 Å². The molecule has 1 fully saturated rings. The second-order valence-electron chi connectivity index (χ2n) is 6.09. The van der Waals surface area contributed by atoms with E-state index in [1.165, 1.54) is 23.8 Å². The first-order valence-corrected chi connectivity index (χ1v) is 8.64. The first-order chi connectivity index (χ1) is 8.81. The minimum atomic E-state index is -3.25. The largest absolute Gasteiger partial charge is 0.303 e. The van der Waals surface area contributed by atoms with Crippen molar-refractivity contribution in [2.24, 2.45) is 11.8 Å². The zero-order chi connectivity index (χ0) is 14.5. The average Bonchev–Trinajstić information content (AvgIpc) is 2.26. The van der Waals surface area contributed by atoms with Crippen molar-refractivity contribution in [1.29, 1.82) is 0 Å². The maximum atomic E-state index is 11.5. The van der Waals surface area contributed by atoms with Gasteiger partial charge in [0, 0.05) is 33.7 Å². The Morgan fingerprint density at radius 2 is 1.74 bits per heavy atom. The van der Waals surface area contributed by atoms with Gasteiger partial charge in [-0.2, -0.15) is 12.7 Å². The minimum Gasteiger partial charge on any atom is -0.303 e. The van der Waals surface area contributed by atoms with E-state index in [-0.39, 0.29) is 0 Å². The van der Waals surface area contributed by atoms with Gasteiger partial charge in [0.2, 0.25) is 0 Å². The number of hydrogen-bond acceptors (Lipinski definition) is 3. The third-order valence-electron chi connectivity index (χ3n) is 3.61. The molecule has 1 N–H and O–H groups in total. The Balaban J connectivity index is 2.14. The summed E-state index contributed by atoms with van der Waals surface area (Å²) in [6.45, 7) is 8.61. The molecule has 1 aliphatic heterocycles. The molecule has 0 aromatic carbocycles. The van der Waals surface area contributed by atoms with Crippen LogP contribution in [0.3, 0.4) is 0 Å². The highest BCUT2D eigenvalue weighted by atomic mass is 32.2. The van der Waals surface area contributed by atoms with Crippen molar-refractivity contribution in [3.63, 3.8) is 0 Å². The Bertz CT molecular complexity index is 347. The highest BCUT2D eigenvalue weighted by molar-refractivity contribution is 7.87. The molecule has 19 heavy (non-hydrogen) atoms. The lowest BCUT2D eigenvalue weighted by Gasteiger charge is -2.34. The van der Waals surface area contributed by atoms with Crippen molar-refractivity contribution < 1.29 is 8.42 Å². The first kappa shape index (κ1) is 16.9. The molecular weight excluding hydrogens is 262 g/mol. The Hall–Kier alpha value is -0.170. The highest BCUT2D eigenvalue weighted by Crippen LogP contribution is 2.20. The van der Waals surface area contributed by atoms with Crippen molar-refractivity contribution >= 4 is 10.2 Å². The summed E-state index contributed by atoms with van der Waals surface area (Å²) in [6.07, 6.45) is 3.28. The molecule has 0 radical (unpaired) electrons. The summed E-state index contributed by atoms with van der Waals surface area (Å²) in [6, 6.07) is 0. The van der Waals surface area contributed by atoms with E-state index in [2.05, 4.69) is 23.5 Å². The summed E-state index contributed by atoms with van der Waals surface area (Å²) in [4.78, 5) is 2.51. The summed E-state index contributed by atoms with van der Waals surface area (Å²) >= 11 is 0. The van der Waals surface area contributed by atoms with E-state index in [0.717, 1.165) is 31.2 Å². The molecule has 6 heteroatoms. The highest BCUT2D eigenvalue weighted by Gasteiger charge is 2.21. The molecule has 0 amide bonds. The molecule has 2 unspecified atom stereocenters. The third-order valence-corrected chi connectivity index (χ3v) is 5.14. The van der Waals surface area contributed by atoms with Gasteiger partial charge in [0.15, 0.2) is 0 Å². The Morgan fingerprint density at radius 1 is 1.16 bits per heavy atom. The number of unbranched alkanes of at least 4 members (excludes halogenated alkanes) is 1. The third kappa shape index (κ3) is 6.21. The summed E-state index contributed by atoms with van der Waals surface area (Å²) in [5.41, 5.74) is 0. The second-order valence-corrected chi connectivity index (χ2v) is 8.06. The van der Waals surface area contributed by atoms with Gasteiger partial charge < -0.3 is 4.90 Å². The molecule has 0 aromatic heterocycles. The van der Waals surface area contributed by atoms with Gasteiger partial charge in [0.1, 0.15) is 0 Å². The monoisotopic (exact) mass is 291 g/mol. The van der Waals surface area contributed by atoms with Crippen molar-refractivity contribution in [3.8, 4) is 0 Å². The molecule has 1 aliphatic rings. The van der Waals surface area contributed by atoms with Gasteiger partial charge in [-0.3, -0.25) is 0 Å². The number of rotatable bonds is 7. The Labute approximate surface area is 118 Å². The molecule has 0 aliphatic carbocycles. The molecule has 5 nitrogen and oxygen atoms in total. The summed E-state index contributed by atoms with van der Waals surface area (Å²) in [5.74, 6) is 1.58. The molecule has 0 bridgehead atoms. The SMILES string of the molecule is CC1CC(C)CN(CCCCNS(=O)(=O)N(C)C)C1. The molecule has 1 saturated heterocycles. The smallest absolute Gasteiger partial charge is 0.278 e. The number of piperidine rings is 1. The number of hydrogen-bond donors (Lipinski definition) is 1. The molecule has 1 heterocycles. The molecule has 0 spiro atoms. The Kier molecular flexibility index (Phi) is 6.73. The number of likely N-dealkylation sites (tertiary alicyclic amines) is 1. The lowest BCUT2D eigenvalue weighted by molar-refractivity contribution is 0.139. The molecule has 114 valence electrons. The van der Waals surface area contributed by atoms with Gasteiger partial charge in [0.25, 0.3) is 10.2 Å². The molecule has 1 rings (SSSR count). The van der Waals surface area contributed by atoms with E-state index in [1.54, 1.807) is 14.1 Å². The predicted molar refractivity (Wildman–Crippen MR) is 79.2 cm³/mol. The van der Waals surface area contributed by atoms with Crippen LogP contribution in [0, 0.1) is 11.8 Å². The zero-order valence-corrected chi connectivity index (χ0v) is 13.5. The zero-order valence-electron chi connectivity index (χ0n) is 12.7. The van der Waals surface area contributed by atoms with Crippen LogP contribution < -0.4 is 4.72 Å². The Morgan fingerprint density at radius 3 is 2.26 bits per heavy atom. The van der Waals surface area contributed by atoms with Crippen LogP contribution in [-0.2, 0) is 10.2 Å². The van der Waals surface area contributed by atoms with Gasteiger partial charge in [-0.15, -0.1) is 0 Å². The molecule has 2 atom stereocenters. The van der Waals surface area contributed by atoms with E-state index in [4.69, 9.17) is 0 Å². The van der Waals surface area contributed by atoms with Crippen LogP contribution in [0.1, 0.15) is 33.1 Å². The fourth-order valence-electron chi connectivity index (χ4n) is 2.77. The maximum Gasteiger partial charge on any atom is 0.278 e. The van der Waals surface area contributed by atoms with Crippen LogP contribution in [0.15, 0.2) is 0 Å². The van der Waals surface area contributed by atoms with Gasteiger partial charge in [-0.05, 0) is 37.6 Å². The van der Waals surface area contributed by atoms with Crippen LogP contribution >= 0.6 is 0 Å². The van der Waals surface area contributed by atoms with Crippen molar-refractivity contribution in [2.75, 3.05) is 40.3 Å². The van der Waals surface area contributed by atoms with Crippen LogP contribution in [0.5, 0.6) is 0 Å². The van der Waals surface area contributed by atoms with Crippen molar-refractivity contribution in [2.45, 2.75) is 33.1 Å². The number of nitrogens with zero attached hydrogens (tertiary/aromatic N) is 2. The normalized spacial score (nSPS) is 25.9. The van der Waals surface area contributed by atoms with Gasteiger partial charge in [-0.1, -0.05) is 13.8 Å². The van der Waals surface area contributed by atoms with E-state index < -0.39 is 10.2 Å². The van der Waals surface area contributed by atoms with Gasteiger partial charge >= 0.3 is 0 Å². The molecular formula is C13H29N3O2S. The van der Waals surface area contributed by atoms with Crippen LogP contribution in [-0.4, -0.2) is 57.9 Å². The fraction of sp³-hybridized carbons (Fsp3) is 1.00. The van der Waals surface area contributed by atoms with E-state index in [0.29, 0.717) is 6.54 Å². The van der Waals surface area contributed by atoms with Crippen molar-refractivity contribution in [1.82, 2.24) is 13.9 Å². The predicted octanol–water partition coefficient (Wildman–Crippen LogP) is 1.14. The lowest BCUT2D eigenvalue weighted by Crippen LogP contribution is -2.39. The first-order valence-electron chi connectivity index (χ1n) is 7.20. The average molecular weight is 291 g/mol. The van der Waals surface area contributed by atoms with Gasteiger partial charge in [-0.25, -0.2) is 4.72 Å². The van der Waals surface area contributed by atoms with Crippen LogP contribution in [0.4, 0.5) is 0 Å². The lowest BCUT2D eigenvalue weighted by atomic mass is 9.92. The summed E-state index contributed by atoms with van der Waals surface area (Å²) in [7, 11) is -0.170. The molecule has 0 saturated carbocycles. The minimum absolute atomic E-state index is 0.527. The summed E-state index contributed by atoms with van der Waals surface area (Å²) < 4.78 is 26.8.